The molecule has 0 aromatic heterocycles. The monoisotopic (exact) mass is 316 g/mol. The van der Waals surface area contributed by atoms with Crippen molar-refractivity contribution in [3.8, 4) is 0 Å². The molecule has 0 radical (unpaired) electrons. The van der Waals surface area contributed by atoms with Gasteiger partial charge in [-0.1, -0.05) is 84.9 Å². The van der Waals surface area contributed by atoms with Crippen LogP contribution < -0.4 is 0 Å². The summed E-state index contributed by atoms with van der Waals surface area (Å²) in [7, 11) is 1.64. The summed E-state index contributed by atoms with van der Waals surface area (Å²) in [5, 5.41) is 10.9. The average Bonchev–Trinajstić information content (AvgIpc) is 2.67. The lowest BCUT2D eigenvalue weighted by Crippen LogP contribution is -2.04. The lowest BCUT2D eigenvalue weighted by atomic mass is 9.90. The topological polar surface area (TPSA) is 29.5 Å². The third kappa shape index (κ3) is 3.39. The molecule has 0 bridgehead atoms. The van der Waals surface area contributed by atoms with E-state index in [0.29, 0.717) is 0 Å². The van der Waals surface area contributed by atoms with E-state index >= 15 is 0 Å². The van der Waals surface area contributed by atoms with Gasteiger partial charge < -0.3 is 9.84 Å². The Hall–Kier alpha value is -2.84. The van der Waals surface area contributed by atoms with Crippen molar-refractivity contribution in [2.45, 2.75) is 6.10 Å². The van der Waals surface area contributed by atoms with Crippen LogP contribution in [0.4, 0.5) is 0 Å². The quantitative estimate of drug-likeness (QED) is 0.685. The van der Waals surface area contributed by atoms with Crippen LogP contribution in [0.25, 0.3) is 5.57 Å². The maximum Gasteiger partial charge on any atom is 0.105 e. The molecule has 0 aliphatic carbocycles. The molecule has 0 aliphatic heterocycles. The second kappa shape index (κ2) is 7.62. The molecule has 1 unspecified atom stereocenters. The number of aliphatic hydroxyl groups is 1. The van der Waals surface area contributed by atoms with Crippen molar-refractivity contribution in [1.82, 2.24) is 0 Å². The van der Waals surface area contributed by atoms with Crippen molar-refractivity contribution in [1.29, 1.82) is 0 Å². The Morgan fingerprint density at radius 3 is 2.08 bits per heavy atom. The Balaban J connectivity index is 2.10. The van der Waals surface area contributed by atoms with Crippen molar-refractivity contribution in [2.24, 2.45) is 0 Å². The fourth-order valence-electron chi connectivity index (χ4n) is 2.82. The van der Waals surface area contributed by atoms with E-state index in [2.05, 4.69) is 0 Å². The molecular formula is C22H20O2. The van der Waals surface area contributed by atoms with Gasteiger partial charge in [0.2, 0.25) is 0 Å². The summed E-state index contributed by atoms with van der Waals surface area (Å²) in [4.78, 5) is 0. The van der Waals surface area contributed by atoms with Crippen molar-refractivity contribution in [3.63, 3.8) is 0 Å². The number of hydrogen-bond acceptors (Lipinski definition) is 2. The summed E-state index contributed by atoms with van der Waals surface area (Å²) in [6.45, 7) is 0. The minimum absolute atomic E-state index is 0.689. The van der Waals surface area contributed by atoms with Crippen molar-refractivity contribution in [2.75, 3.05) is 7.11 Å². The van der Waals surface area contributed by atoms with E-state index in [0.717, 1.165) is 27.8 Å². The van der Waals surface area contributed by atoms with E-state index in [9.17, 15) is 5.11 Å². The maximum absolute atomic E-state index is 10.9. The standard InChI is InChI=1S/C22H20O2/c1-24-16-21(17-10-4-2-5-11-17)19-14-8-9-15-20(19)22(23)18-12-6-3-7-13-18/h2-16,22-23H,1H3/b21-16+. The molecule has 1 N–H and O–H groups in total. The molecule has 3 rings (SSSR count). The van der Waals surface area contributed by atoms with E-state index < -0.39 is 6.10 Å². The van der Waals surface area contributed by atoms with Gasteiger partial charge in [-0.25, -0.2) is 0 Å². The molecule has 2 nitrogen and oxygen atoms in total. The number of aliphatic hydroxyl groups excluding tert-OH is 1. The fraction of sp³-hybridized carbons (Fsp3) is 0.0909. The van der Waals surface area contributed by atoms with Gasteiger partial charge in [-0.2, -0.15) is 0 Å². The zero-order valence-electron chi connectivity index (χ0n) is 13.6. The predicted octanol–water partition coefficient (Wildman–Crippen LogP) is 4.80. The van der Waals surface area contributed by atoms with E-state index in [1.54, 1.807) is 13.4 Å². The highest BCUT2D eigenvalue weighted by Crippen LogP contribution is 2.32. The first-order chi connectivity index (χ1) is 11.8. The normalized spacial score (nSPS) is 12.7. The maximum atomic E-state index is 10.9. The number of hydrogen-bond donors (Lipinski definition) is 1. The molecule has 120 valence electrons. The summed E-state index contributed by atoms with van der Waals surface area (Å²) in [5.41, 5.74) is 4.68. The van der Waals surface area contributed by atoms with Crippen LogP contribution in [0.3, 0.4) is 0 Å². The van der Waals surface area contributed by atoms with Crippen LogP contribution in [0, 0.1) is 0 Å². The Labute approximate surface area is 142 Å². The van der Waals surface area contributed by atoms with Crippen molar-refractivity contribution >= 4 is 5.57 Å². The molecule has 1 atom stereocenters. The first-order valence-corrected chi connectivity index (χ1v) is 7.92. The lowest BCUT2D eigenvalue weighted by molar-refractivity contribution is 0.220. The molecule has 2 heteroatoms. The molecule has 3 aromatic carbocycles. The second-order valence-corrected chi connectivity index (χ2v) is 5.53. The molecule has 0 fully saturated rings. The molecule has 0 saturated heterocycles. The van der Waals surface area contributed by atoms with E-state index in [4.69, 9.17) is 4.74 Å². The lowest BCUT2D eigenvalue weighted by Gasteiger charge is -2.18. The number of ether oxygens (including phenoxy) is 1. The SMILES string of the molecule is CO/C=C(\c1ccccc1)c1ccccc1C(O)c1ccccc1. The highest BCUT2D eigenvalue weighted by molar-refractivity contribution is 5.81. The summed E-state index contributed by atoms with van der Waals surface area (Å²) >= 11 is 0. The van der Waals surface area contributed by atoms with Crippen LogP contribution in [0.2, 0.25) is 0 Å². The highest BCUT2D eigenvalue weighted by Gasteiger charge is 2.17. The molecule has 24 heavy (non-hydrogen) atoms. The molecule has 0 aliphatic rings. The van der Waals surface area contributed by atoms with Gasteiger partial charge in [-0.05, 0) is 22.3 Å². The zero-order valence-corrected chi connectivity index (χ0v) is 13.6. The van der Waals surface area contributed by atoms with Crippen LogP contribution in [-0.2, 0) is 4.74 Å². The van der Waals surface area contributed by atoms with Gasteiger partial charge in [0.1, 0.15) is 6.10 Å². The van der Waals surface area contributed by atoms with Gasteiger partial charge in [-0.3, -0.25) is 0 Å². The molecule has 3 aromatic rings. The summed E-state index contributed by atoms with van der Waals surface area (Å²) in [5.74, 6) is 0. The molecule has 0 amide bonds. The molecule has 0 heterocycles. The third-order valence-corrected chi connectivity index (χ3v) is 3.98. The highest BCUT2D eigenvalue weighted by atomic mass is 16.5. The van der Waals surface area contributed by atoms with Crippen LogP contribution >= 0.6 is 0 Å². The van der Waals surface area contributed by atoms with Crippen LogP contribution in [0.1, 0.15) is 28.4 Å². The number of methoxy groups -OCH3 is 1. The largest absolute Gasteiger partial charge is 0.504 e. The van der Waals surface area contributed by atoms with Crippen molar-refractivity contribution < 1.29 is 9.84 Å². The predicted molar refractivity (Wildman–Crippen MR) is 97.5 cm³/mol. The van der Waals surface area contributed by atoms with Crippen LogP contribution in [-0.4, -0.2) is 12.2 Å². The second-order valence-electron chi connectivity index (χ2n) is 5.53. The smallest absolute Gasteiger partial charge is 0.105 e. The third-order valence-electron chi connectivity index (χ3n) is 3.98. The van der Waals surface area contributed by atoms with Gasteiger partial charge in [-0.15, -0.1) is 0 Å². The number of rotatable bonds is 5. The van der Waals surface area contributed by atoms with Crippen LogP contribution in [0.5, 0.6) is 0 Å². The van der Waals surface area contributed by atoms with E-state index in [1.165, 1.54) is 0 Å². The van der Waals surface area contributed by atoms with E-state index in [1.807, 2.05) is 84.9 Å². The van der Waals surface area contributed by atoms with E-state index in [-0.39, 0.29) is 0 Å². The number of benzene rings is 3. The Morgan fingerprint density at radius 1 is 0.833 bits per heavy atom. The minimum Gasteiger partial charge on any atom is -0.504 e. The molecular weight excluding hydrogens is 296 g/mol. The summed E-state index contributed by atoms with van der Waals surface area (Å²) < 4.78 is 5.31. The van der Waals surface area contributed by atoms with Gasteiger partial charge in [0.25, 0.3) is 0 Å². The Kier molecular flexibility index (Phi) is 5.09. The van der Waals surface area contributed by atoms with Gasteiger partial charge >= 0.3 is 0 Å². The fourth-order valence-corrected chi connectivity index (χ4v) is 2.82. The minimum atomic E-state index is -0.689. The zero-order chi connectivity index (χ0) is 16.8. The Bertz CT molecular complexity index is 808. The Morgan fingerprint density at radius 2 is 1.42 bits per heavy atom. The molecule has 0 spiro atoms. The van der Waals surface area contributed by atoms with Gasteiger partial charge in [0.05, 0.1) is 13.4 Å². The van der Waals surface area contributed by atoms with Gasteiger partial charge in [0.15, 0.2) is 0 Å². The van der Waals surface area contributed by atoms with Crippen LogP contribution in [0.15, 0.2) is 91.2 Å². The first kappa shape index (κ1) is 16.0. The summed E-state index contributed by atoms with van der Waals surface area (Å²) in [6, 6.07) is 27.6. The summed E-state index contributed by atoms with van der Waals surface area (Å²) in [6.07, 6.45) is 1.04. The van der Waals surface area contributed by atoms with Gasteiger partial charge in [0, 0.05) is 5.57 Å². The average molecular weight is 316 g/mol. The molecule has 0 saturated carbocycles. The first-order valence-electron chi connectivity index (χ1n) is 7.92. The van der Waals surface area contributed by atoms with Crippen molar-refractivity contribution in [3.05, 3.63) is 113 Å².